The van der Waals surface area contributed by atoms with Crippen LogP contribution in [0.1, 0.15) is 69.7 Å². The van der Waals surface area contributed by atoms with E-state index in [1.54, 1.807) is 59.7 Å². The molecule has 4 amide bonds. The zero-order chi connectivity index (χ0) is 29.0. The summed E-state index contributed by atoms with van der Waals surface area (Å²) in [5.41, 5.74) is 6.29. The molecule has 0 spiro atoms. The molecular weight excluding hydrogens is 492 g/mol. The van der Waals surface area contributed by atoms with Crippen molar-refractivity contribution >= 4 is 29.8 Å². The number of rotatable bonds is 12. The Bertz CT molecular complexity index is 1050. The van der Waals surface area contributed by atoms with Crippen molar-refractivity contribution in [2.45, 2.75) is 78.5 Å². The maximum absolute atomic E-state index is 13.7. The van der Waals surface area contributed by atoms with Gasteiger partial charge in [-0.05, 0) is 64.7 Å². The molecule has 0 aliphatic heterocycles. The first-order valence-electron chi connectivity index (χ1n) is 12.3. The van der Waals surface area contributed by atoms with Crippen molar-refractivity contribution < 1.29 is 33.4 Å². The number of ether oxygens (including phenoxy) is 2. The lowest BCUT2D eigenvalue weighted by atomic mass is 9.93. The van der Waals surface area contributed by atoms with E-state index in [1.165, 1.54) is 0 Å². The zero-order valence-corrected chi connectivity index (χ0v) is 22.9. The Morgan fingerprint density at radius 1 is 1.11 bits per heavy atom. The Morgan fingerprint density at radius 2 is 1.71 bits per heavy atom. The molecule has 11 nitrogen and oxygen atoms in total. The van der Waals surface area contributed by atoms with E-state index in [0.717, 1.165) is 4.90 Å². The summed E-state index contributed by atoms with van der Waals surface area (Å²) in [4.78, 5) is 63.7. The Balaban J connectivity index is 3.41. The lowest BCUT2D eigenvalue weighted by Gasteiger charge is -2.31. The summed E-state index contributed by atoms with van der Waals surface area (Å²) < 4.78 is 10.1. The molecule has 1 aromatic carbocycles. The first kappa shape index (κ1) is 32.0. The molecule has 1 rings (SSSR count). The number of carbonyl (C=O) groups excluding carboxylic acids is 5. The molecule has 0 fully saturated rings. The van der Waals surface area contributed by atoms with Crippen LogP contribution in [0.4, 0.5) is 4.79 Å². The molecule has 0 saturated carbocycles. The smallest absolute Gasteiger partial charge is 0.408 e. The summed E-state index contributed by atoms with van der Waals surface area (Å²) in [6.45, 7) is 10.3. The average Bonchev–Trinajstić information content (AvgIpc) is 2.79. The molecule has 1 aromatic rings. The summed E-state index contributed by atoms with van der Waals surface area (Å²) in [6, 6.07) is 4.99. The number of aryl methyl sites for hydroxylation is 2. The molecule has 0 saturated heterocycles. The van der Waals surface area contributed by atoms with E-state index in [2.05, 4.69) is 16.7 Å². The van der Waals surface area contributed by atoms with Crippen LogP contribution in [-0.2, 0) is 28.7 Å². The summed E-state index contributed by atoms with van der Waals surface area (Å²) >= 11 is 0. The van der Waals surface area contributed by atoms with Crippen molar-refractivity contribution in [3.8, 4) is 12.5 Å². The van der Waals surface area contributed by atoms with E-state index >= 15 is 0 Å². The second-order valence-electron chi connectivity index (χ2n) is 9.60. The second kappa shape index (κ2) is 14.6. The van der Waals surface area contributed by atoms with Crippen LogP contribution in [0.2, 0.25) is 0 Å². The number of terminal acetylenes is 1. The monoisotopic (exact) mass is 530 g/mol. The average molecular weight is 531 g/mol. The minimum atomic E-state index is -1.31. The van der Waals surface area contributed by atoms with Gasteiger partial charge >= 0.3 is 12.1 Å². The highest BCUT2D eigenvalue weighted by atomic mass is 16.6. The minimum absolute atomic E-state index is 0.0487. The van der Waals surface area contributed by atoms with Gasteiger partial charge in [-0.25, -0.2) is 4.79 Å². The van der Waals surface area contributed by atoms with E-state index in [4.69, 9.17) is 21.6 Å². The van der Waals surface area contributed by atoms with Crippen molar-refractivity contribution in [2.24, 2.45) is 5.73 Å². The van der Waals surface area contributed by atoms with Gasteiger partial charge in [-0.15, -0.1) is 0 Å². The van der Waals surface area contributed by atoms with Gasteiger partial charge in [0, 0.05) is 19.0 Å². The molecule has 0 aliphatic carbocycles. The van der Waals surface area contributed by atoms with Crippen LogP contribution < -0.4 is 16.4 Å². The lowest BCUT2D eigenvalue weighted by molar-refractivity contribution is -0.143. The molecule has 38 heavy (non-hydrogen) atoms. The lowest BCUT2D eigenvalue weighted by Crippen LogP contribution is -2.52. The summed E-state index contributed by atoms with van der Waals surface area (Å²) in [5, 5.41) is 5.08. The first-order valence-corrected chi connectivity index (χ1v) is 12.3. The molecule has 0 bridgehead atoms. The highest BCUT2D eigenvalue weighted by molar-refractivity contribution is 5.94. The number of carbonyl (C=O) groups is 5. The van der Waals surface area contributed by atoms with Crippen molar-refractivity contribution in [2.75, 3.05) is 13.2 Å². The largest absolute Gasteiger partial charge is 0.466 e. The number of hydrogen-bond acceptors (Lipinski definition) is 7. The van der Waals surface area contributed by atoms with E-state index in [9.17, 15) is 24.0 Å². The van der Waals surface area contributed by atoms with Crippen LogP contribution in [0, 0.1) is 26.3 Å². The zero-order valence-electron chi connectivity index (χ0n) is 22.9. The molecule has 4 N–H and O–H groups in total. The molecular formula is C27H38N4O7. The van der Waals surface area contributed by atoms with Gasteiger partial charge in [0.05, 0.1) is 13.0 Å². The van der Waals surface area contributed by atoms with E-state index in [-0.39, 0.29) is 32.4 Å². The Labute approximate surface area is 223 Å². The van der Waals surface area contributed by atoms with Crippen LogP contribution in [0.15, 0.2) is 18.2 Å². The van der Waals surface area contributed by atoms with E-state index in [1.807, 2.05) is 0 Å². The first-order chi connectivity index (χ1) is 17.7. The van der Waals surface area contributed by atoms with Gasteiger partial charge in [-0.2, -0.15) is 0 Å². The third-order valence-electron chi connectivity index (χ3n) is 5.30. The van der Waals surface area contributed by atoms with Crippen LogP contribution in [-0.4, -0.2) is 59.5 Å². The molecule has 0 heterocycles. The number of benzene rings is 1. The molecule has 11 heteroatoms. The Kier molecular flexibility index (Phi) is 12.3. The predicted octanol–water partition coefficient (Wildman–Crippen LogP) is 1.99. The number of alkyl carbamates (subject to hydrolysis) is 1. The van der Waals surface area contributed by atoms with Crippen LogP contribution >= 0.6 is 0 Å². The van der Waals surface area contributed by atoms with Gasteiger partial charge in [-0.1, -0.05) is 24.6 Å². The maximum Gasteiger partial charge on any atom is 0.408 e. The van der Waals surface area contributed by atoms with Crippen molar-refractivity contribution in [3.05, 3.63) is 34.9 Å². The molecule has 0 aliphatic rings. The normalized spacial score (nSPS) is 12.3. The van der Waals surface area contributed by atoms with Crippen LogP contribution in [0.3, 0.4) is 0 Å². The third kappa shape index (κ3) is 10.1. The van der Waals surface area contributed by atoms with Gasteiger partial charge in [0.15, 0.2) is 0 Å². The van der Waals surface area contributed by atoms with Crippen molar-refractivity contribution in [3.63, 3.8) is 0 Å². The van der Waals surface area contributed by atoms with Crippen LogP contribution in [0.25, 0.3) is 0 Å². The fourth-order valence-electron chi connectivity index (χ4n) is 3.68. The number of amides is 4. The maximum atomic E-state index is 13.7. The number of hydrogen-bond donors (Lipinski definition) is 3. The highest BCUT2D eigenvalue weighted by Gasteiger charge is 2.37. The molecule has 2 atom stereocenters. The Morgan fingerprint density at radius 3 is 2.21 bits per heavy atom. The molecule has 0 radical (unpaired) electrons. The van der Waals surface area contributed by atoms with Crippen molar-refractivity contribution in [1.29, 1.82) is 0 Å². The van der Waals surface area contributed by atoms with Gasteiger partial charge in [-0.3, -0.25) is 24.1 Å². The summed E-state index contributed by atoms with van der Waals surface area (Å²) in [7, 11) is 0. The number of esters is 1. The van der Waals surface area contributed by atoms with Crippen LogP contribution in [0.5, 0.6) is 0 Å². The number of primary amides is 1. The standard InChI is InChI=1S/C27H38N4O7/c1-8-31(25(35)19(13-14-20(28)32)30-26(36)38-27(5,6)7)23(22-17(3)11-10-12-18(22)4)24(34)29-16-15-21(33)37-9-2/h1,10-12,19,23H,9,13-16H2,2-7H3,(H2,28,32)(H,29,34)(H,30,36). The minimum Gasteiger partial charge on any atom is -0.466 e. The fourth-order valence-corrected chi connectivity index (χ4v) is 3.68. The topological polar surface area (TPSA) is 157 Å². The van der Waals surface area contributed by atoms with Gasteiger partial charge in [0.25, 0.3) is 5.91 Å². The number of nitrogens with zero attached hydrogens (tertiary/aromatic N) is 1. The number of nitrogens with two attached hydrogens (primary N) is 1. The summed E-state index contributed by atoms with van der Waals surface area (Å²) in [5.74, 6) is -2.63. The number of nitrogens with one attached hydrogen (secondary N) is 2. The van der Waals surface area contributed by atoms with E-state index < -0.39 is 47.5 Å². The van der Waals surface area contributed by atoms with Crippen molar-refractivity contribution in [1.82, 2.24) is 15.5 Å². The highest BCUT2D eigenvalue weighted by Crippen LogP contribution is 2.28. The predicted molar refractivity (Wildman–Crippen MR) is 140 cm³/mol. The second-order valence-corrected chi connectivity index (χ2v) is 9.60. The molecule has 208 valence electrons. The van der Waals surface area contributed by atoms with Gasteiger partial charge in [0.2, 0.25) is 11.8 Å². The summed E-state index contributed by atoms with van der Waals surface area (Å²) in [6.07, 6.45) is 4.37. The quantitative estimate of drug-likeness (QED) is 0.212. The Hall–Kier alpha value is -4.07. The molecule has 0 aromatic heterocycles. The third-order valence-corrected chi connectivity index (χ3v) is 5.30. The van der Waals surface area contributed by atoms with E-state index in [0.29, 0.717) is 16.7 Å². The van der Waals surface area contributed by atoms with Gasteiger partial charge < -0.3 is 25.8 Å². The van der Waals surface area contributed by atoms with Gasteiger partial charge in [0.1, 0.15) is 17.7 Å². The SMILES string of the molecule is C#CN(C(=O)C(CCC(N)=O)NC(=O)OC(C)(C)C)C(C(=O)NCCC(=O)OCC)c1c(C)cccc1C. The molecule has 2 unspecified atom stereocenters. The fraction of sp³-hybridized carbons (Fsp3) is 0.519.